The monoisotopic (exact) mass is 442 g/mol. The maximum atomic E-state index is 9.85. The van der Waals surface area contributed by atoms with E-state index in [1.807, 2.05) is 24.4 Å². The van der Waals surface area contributed by atoms with Crippen molar-refractivity contribution in [3.05, 3.63) is 35.5 Å². The van der Waals surface area contributed by atoms with E-state index in [2.05, 4.69) is 32.6 Å². The molecule has 1 atom stereocenters. The maximum Gasteiger partial charge on any atom is 0.222 e. The Morgan fingerprint density at radius 2 is 2.06 bits per heavy atom. The number of hydrogen-bond acceptors (Lipinski definition) is 9. The number of aliphatic hydroxyl groups is 1. The summed E-state index contributed by atoms with van der Waals surface area (Å²) in [7, 11) is 1.65. The molecule has 0 saturated carbocycles. The number of anilines is 2. The van der Waals surface area contributed by atoms with Crippen LogP contribution in [0.15, 0.2) is 24.4 Å². The summed E-state index contributed by atoms with van der Waals surface area (Å²) in [4.78, 5) is 8.59. The number of nitrogens with one attached hydrogen (secondary N) is 2. The molecule has 2 heterocycles. The lowest BCUT2D eigenvalue weighted by atomic mass is 10.1. The number of methoxy groups -OCH3 is 1. The van der Waals surface area contributed by atoms with Gasteiger partial charge in [0, 0.05) is 18.7 Å². The predicted octanol–water partition coefficient (Wildman–Crippen LogP) is 1.82. The summed E-state index contributed by atoms with van der Waals surface area (Å²) < 4.78 is 7.40. The molecule has 0 aliphatic rings. The highest BCUT2D eigenvalue weighted by Crippen LogP contribution is 2.24. The van der Waals surface area contributed by atoms with E-state index in [1.165, 1.54) is 0 Å². The van der Waals surface area contributed by atoms with Crippen molar-refractivity contribution >= 4 is 22.8 Å². The summed E-state index contributed by atoms with van der Waals surface area (Å²) in [6.07, 6.45) is 3.36. The van der Waals surface area contributed by atoms with Gasteiger partial charge in [-0.05, 0) is 31.9 Å². The summed E-state index contributed by atoms with van der Waals surface area (Å²) >= 11 is 0. The van der Waals surface area contributed by atoms with E-state index < -0.39 is 5.60 Å². The Morgan fingerprint density at radius 3 is 2.75 bits per heavy atom. The fraction of sp³-hybridized carbons (Fsp3) is 0.500. The molecule has 10 nitrogen and oxygen atoms in total. The molecule has 174 valence electrons. The molecule has 0 fully saturated rings. The third-order valence-electron chi connectivity index (χ3n) is 4.92. The van der Waals surface area contributed by atoms with Gasteiger partial charge >= 0.3 is 0 Å². The molecule has 0 aliphatic heterocycles. The Kier molecular flexibility index (Phi) is 7.49. The summed E-state index contributed by atoms with van der Waals surface area (Å²) in [6, 6.07) is 6.04. The summed E-state index contributed by atoms with van der Waals surface area (Å²) in [6.45, 7) is 7.25. The van der Waals surface area contributed by atoms with Gasteiger partial charge in [-0.15, -0.1) is 0 Å². The zero-order chi connectivity index (χ0) is 23.3. The quantitative estimate of drug-likeness (QED) is 0.280. The molecule has 0 bridgehead atoms. The van der Waals surface area contributed by atoms with Crippen LogP contribution in [0.3, 0.4) is 0 Å². The van der Waals surface area contributed by atoms with Gasteiger partial charge in [0.15, 0.2) is 11.3 Å². The van der Waals surface area contributed by atoms with Gasteiger partial charge in [0.25, 0.3) is 0 Å². The lowest BCUT2D eigenvalue weighted by Crippen LogP contribution is -2.34. The fourth-order valence-electron chi connectivity index (χ4n) is 3.43. The van der Waals surface area contributed by atoms with Gasteiger partial charge in [-0.2, -0.15) is 10.1 Å². The number of benzene rings is 1. The van der Waals surface area contributed by atoms with Crippen molar-refractivity contribution in [2.24, 2.45) is 5.73 Å². The third kappa shape index (κ3) is 6.28. The van der Waals surface area contributed by atoms with Crippen molar-refractivity contribution in [1.82, 2.24) is 25.1 Å². The Hall–Kier alpha value is -2.95. The van der Waals surface area contributed by atoms with Crippen LogP contribution in [0.25, 0.3) is 11.0 Å². The van der Waals surface area contributed by atoms with E-state index in [-0.39, 0.29) is 12.1 Å². The van der Waals surface area contributed by atoms with E-state index in [4.69, 9.17) is 16.2 Å². The standard InChI is InChI=1S/C22H34N8O2/c1-5-6-18(23)27-20-19-16(26-21(24)28-20)12-30(29-19)11-15-8-7-14(9-17(15)32-4)10-25-13-22(2,3)31/h7-9,12,18,25,31H,5-6,10-11,13,23H2,1-4H3,(H3,24,26,27,28). The van der Waals surface area contributed by atoms with Crippen molar-refractivity contribution in [2.45, 2.75) is 58.5 Å². The number of hydrogen-bond donors (Lipinski definition) is 5. The zero-order valence-corrected chi connectivity index (χ0v) is 19.2. The molecule has 0 amide bonds. The van der Waals surface area contributed by atoms with Gasteiger partial charge in [-0.1, -0.05) is 25.5 Å². The average molecular weight is 443 g/mol. The van der Waals surface area contributed by atoms with Gasteiger partial charge in [-0.25, -0.2) is 4.98 Å². The third-order valence-corrected chi connectivity index (χ3v) is 4.92. The first-order chi connectivity index (χ1) is 15.2. The summed E-state index contributed by atoms with van der Waals surface area (Å²) in [5, 5.41) is 20.9. The molecule has 0 radical (unpaired) electrons. The number of ether oxygens (including phenoxy) is 1. The first-order valence-corrected chi connectivity index (χ1v) is 10.8. The van der Waals surface area contributed by atoms with Crippen LogP contribution >= 0.6 is 0 Å². The average Bonchev–Trinajstić information content (AvgIpc) is 3.10. The van der Waals surface area contributed by atoms with Crippen LogP contribution in [0.2, 0.25) is 0 Å². The number of nitrogens with zero attached hydrogens (tertiary/aromatic N) is 4. The molecule has 0 aliphatic carbocycles. The number of nitrogen functional groups attached to an aromatic ring is 1. The fourth-order valence-corrected chi connectivity index (χ4v) is 3.43. The van der Waals surface area contributed by atoms with E-state index in [1.54, 1.807) is 25.6 Å². The zero-order valence-electron chi connectivity index (χ0n) is 19.2. The summed E-state index contributed by atoms with van der Waals surface area (Å²) in [5.41, 5.74) is 14.6. The minimum absolute atomic E-state index is 0.170. The minimum Gasteiger partial charge on any atom is -0.496 e. The minimum atomic E-state index is -0.757. The second kappa shape index (κ2) is 10.1. The van der Waals surface area contributed by atoms with E-state index in [0.29, 0.717) is 36.5 Å². The Morgan fingerprint density at radius 1 is 1.28 bits per heavy atom. The van der Waals surface area contributed by atoms with E-state index in [0.717, 1.165) is 29.7 Å². The number of aromatic nitrogens is 4. The SMILES string of the molecule is CCCC(N)Nc1nc(N)nc2cn(Cc3ccc(CNCC(C)(C)O)cc3OC)nc12. The van der Waals surface area contributed by atoms with Crippen LogP contribution < -0.4 is 26.8 Å². The Balaban J connectivity index is 1.79. The van der Waals surface area contributed by atoms with E-state index in [9.17, 15) is 5.11 Å². The number of rotatable bonds is 11. The lowest BCUT2D eigenvalue weighted by molar-refractivity contribution is 0.0795. The summed E-state index contributed by atoms with van der Waals surface area (Å²) in [5.74, 6) is 1.47. The Bertz CT molecular complexity index is 1040. The molecule has 32 heavy (non-hydrogen) atoms. The molecule has 2 aromatic heterocycles. The topological polar surface area (TPSA) is 149 Å². The molecular weight excluding hydrogens is 408 g/mol. The van der Waals surface area contributed by atoms with Crippen LogP contribution in [0, 0.1) is 0 Å². The van der Waals surface area contributed by atoms with Crippen LogP contribution in [-0.2, 0) is 13.1 Å². The predicted molar refractivity (Wildman–Crippen MR) is 126 cm³/mol. The van der Waals surface area contributed by atoms with Gasteiger partial charge < -0.3 is 31.9 Å². The Labute approximate surface area is 188 Å². The highest BCUT2D eigenvalue weighted by atomic mass is 16.5. The molecule has 1 aromatic carbocycles. The molecule has 0 spiro atoms. The van der Waals surface area contributed by atoms with Crippen molar-refractivity contribution < 1.29 is 9.84 Å². The molecular formula is C22H34N8O2. The van der Waals surface area contributed by atoms with Crippen LogP contribution in [0.5, 0.6) is 5.75 Å². The molecule has 7 N–H and O–H groups in total. The number of fused-ring (bicyclic) bond motifs is 1. The maximum absolute atomic E-state index is 9.85. The van der Waals surface area contributed by atoms with Crippen molar-refractivity contribution in [2.75, 3.05) is 24.7 Å². The smallest absolute Gasteiger partial charge is 0.222 e. The van der Waals surface area contributed by atoms with Crippen molar-refractivity contribution in [3.8, 4) is 5.75 Å². The molecule has 1 unspecified atom stereocenters. The first-order valence-electron chi connectivity index (χ1n) is 10.8. The van der Waals surface area contributed by atoms with Gasteiger partial charge in [0.05, 0.1) is 31.6 Å². The van der Waals surface area contributed by atoms with Crippen LogP contribution in [0.4, 0.5) is 11.8 Å². The normalized spacial score (nSPS) is 12.8. The van der Waals surface area contributed by atoms with Crippen LogP contribution in [-0.4, -0.2) is 50.3 Å². The van der Waals surface area contributed by atoms with Crippen molar-refractivity contribution in [1.29, 1.82) is 0 Å². The molecule has 0 saturated heterocycles. The van der Waals surface area contributed by atoms with Crippen molar-refractivity contribution in [3.63, 3.8) is 0 Å². The highest BCUT2D eigenvalue weighted by molar-refractivity contribution is 5.85. The molecule has 3 aromatic rings. The van der Waals surface area contributed by atoms with Crippen LogP contribution in [0.1, 0.15) is 44.7 Å². The highest BCUT2D eigenvalue weighted by Gasteiger charge is 2.15. The number of nitrogens with two attached hydrogens (primary N) is 2. The van der Waals surface area contributed by atoms with Gasteiger partial charge in [0.1, 0.15) is 11.3 Å². The second-order valence-corrected chi connectivity index (χ2v) is 8.59. The second-order valence-electron chi connectivity index (χ2n) is 8.59. The molecule has 10 heteroatoms. The van der Waals surface area contributed by atoms with Gasteiger partial charge in [-0.3, -0.25) is 4.68 Å². The van der Waals surface area contributed by atoms with Gasteiger partial charge in [0.2, 0.25) is 5.95 Å². The van der Waals surface area contributed by atoms with E-state index >= 15 is 0 Å². The first kappa shape index (κ1) is 23.7. The largest absolute Gasteiger partial charge is 0.496 e. The lowest BCUT2D eigenvalue weighted by Gasteiger charge is -2.18. The molecule has 3 rings (SSSR count).